The van der Waals surface area contributed by atoms with Crippen molar-refractivity contribution < 1.29 is 19.0 Å². The molecule has 5 nitrogen and oxygen atoms in total. The molecular formula is C14H21FN2O3. The molecule has 0 atom stereocenters. The number of carbonyl (C=O) groups excluding carboxylic acids is 1. The molecule has 0 aliphatic rings. The van der Waals surface area contributed by atoms with E-state index < -0.39 is 17.4 Å². The van der Waals surface area contributed by atoms with Gasteiger partial charge in [-0.2, -0.15) is 0 Å². The van der Waals surface area contributed by atoms with Crippen molar-refractivity contribution in [1.29, 1.82) is 0 Å². The van der Waals surface area contributed by atoms with Crippen molar-refractivity contribution in [1.82, 2.24) is 5.32 Å². The van der Waals surface area contributed by atoms with Crippen LogP contribution in [0.1, 0.15) is 26.7 Å². The van der Waals surface area contributed by atoms with E-state index in [9.17, 15) is 14.3 Å². The fourth-order valence-corrected chi connectivity index (χ4v) is 1.85. The SMILES string of the molecule is CCC(CC)(CO)NC(=O)Nc1ccc(F)cc1OC. The third-order valence-electron chi connectivity index (χ3n) is 3.45. The standard InChI is InChI=1S/C14H21FN2O3/c1-4-14(5-2,9-18)17-13(19)16-11-7-6-10(15)8-12(11)20-3/h6-8,18H,4-5,9H2,1-3H3,(H2,16,17,19). The summed E-state index contributed by atoms with van der Waals surface area (Å²) in [5.41, 5.74) is -0.289. The second-order valence-corrected chi connectivity index (χ2v) is 4.57. The molecule has 3 N–H and O–H groups in total. The van der Waals surface area contributed by atoms with Gasteiger partial charge in [0.25, 0.3) is 0 Å². The Balaban J connectivity index is 2.81. The molecule has 0 aliphatic heterocycles. The summed E-state index contributed by atoms with van der Waals surface area (Å²) in [5.74, 6) is -0.206. The third-order valence-corrected chi connectivity index (χ3v) is 3.45. The Morgan fingerprint density at radius 2 is 2.05 bits per heavy atom. The maximum atomic E-state index is 13.1. The molecule has 1 aromatic carbocycles. The summed E-state index contributed by atoms with van der Waals surface area (Å²) in [5, 5.41) is 14.8. The molecule has 0 aromatic heterocycles. The molecule has 0 unspecified atom stereocenters. The molecule has 0 saturated heterocycles. The Morgan fingerprint density at radius 1 is 1.40 bits per heavy atom. The Labute approximate surface area is 118 Å². The van der Waals surface area contributed by atoms with Crippen molar-refractivity contribution in [3.8, 4) is 5.75 Å². The first-order chi connectivity index (χ1) is 9.50. The van der Waals surface area contributed by atoms with Crippen molar-refractivity contribution in [3.63, 3.8) is 0 Å². The lowest BCUT2D eigenvalue weighted by molar-refractivity contribution is 0.155. The van der Waals surface area contributed by atoms with E-state index >= 15 is 0 Å². The highest BCUT2D eigenvalue weighted by Crippen LogP contribution is 2.25. The number of rotatable bonds is 6. The molecule has 20 heavy (non-hydrogen) atoms. The predicted octanol–water partition coefficient (Wildman–Crippen LogP) is 2.51. The number of anilines is 1. The van der Waals surface area contributed by atoms with Gasteiger partial charge in [0.1, 0.15) is 11.6 Å². The zero-order valence-corrected chi connectivity index (χ0v) is 12.0. The zero-order valence-electron chi connectivity index (χ0n) is 12.0. The Morgan fingerprint density at radius 3 is 2.55 bits per heavy atom. The number of urea groups is 1. The van der Waals surface area contributed by atoms with Gasteiger partial charge in [-0.15, -0.1) is 0 Å². The van der Waals surface area contributed by atoms with Gasteiger partial charge in [0.2, 0.25) is 0 Å². The molecule has 0 fully saturated rings. The number of methoxy groups -OCH3 is 1. The van der Waals surface area contributed by atoms with Gasteiger partial charge in [0.15, 0.2) is 0 Å². The van der Waals surface area contributed by atoms with Crippen LogP contribution < -0.4 is 15.4 Å². The number of halogens is 1. The first kappa shape index (κ1) is 16.2. The summed E-state index contributed by atoms with van der Waals surface area (Å²) >= 11 is 0. The molecule has 0 spiro atoms. The molecule has 1 rings (SSSR count). The third kappa shape index (κ3) is 3.84. The largest absolute Gasteiger partial charge is 0.494 e. The molecule has 2 amide bonds. The van der Waals surface area contributed by atoms with E-state index in [1.165, 1.54) is 25.3 Å². The van der Waals surface area contributed by atoms with Gasteiger partial charge in [-0.25, -0.2) is 9.18 Å². The van der Waals surface area contributed by atoms with E-state index in [-0.39, 0.29) is 12.4 Å². The molecule has 112 valence electrons. The van der Waals surface area contributed by atoms with Crippen LogP contribution in [0.25, 0.3) is 0 Å². The minimum absolute atomic E-state index is 0.145. The minimum atomic E-state index is -0.655. The van der Waals surface area contributed by atoms with E-state index in [4.69, 9.17) is 4.74 Å². The summed E-state index contributed by atoms with van der Waals surface area (Å²) < 4.78 is 18.1. The van der Waals surface area contributed by atoms with Crippen LogP contribution in [0.4, 0.5) is 14.9 Å². The lowest BCUT2D eigenvalue weighted by Gasteiger charge is -2.30. The van der Waals surface area contributed by atoms with Crippen LogP contribution in [-0.4, -0.2) is 30.4 Å². The first-order valence-electron chi connectivity index (χ1n) is 6.53. The van der Waals surface area contributed by atoms with E-state index in [0.717, 1.165) is 0 Å². The van der Waals surface area contributed by atoms with Crippen LogP contribution in [0.2, 0.25) is 0 Å². The predicted molar refractivity (Wildman–Crippen MR) is 75.5 cm³/mol. The van der Waals surface area contributed by atoms with Crippen LogP contribution in [0.15, 0.2) is 18.2 Å². The van der Waals surface area contributed by atoms with E-state index in [1.807, 2.05) is 13.8 Å². The molecule has 0 bridgehead atoms. The Bertz CT molecular complexity index is 453. The van der Waals surface area contributed by atoms with Crippen LogP contribution >= 0.6 is 0 Å². The van der Waals surface area contributed by atoms with Gasteiger partial charge in [0, 0.05) is 6.07 Å². The number of carbonyl (C=O) groups is 1. The van der Waals surface area contributed by atoms with Gasteiger partial charge in [-0.05, 0) is 25.0 Å². The number of hydrogen-bond acceptors (Lipinski definition) is 3. The zero-order chi connectivity index (χ0) is 15.2. The van der Waals surface area contributed by atoms with E-state index in [1.54, 1.807) is 0 Å². The lowest BCUT2D eigenvalue weighted by Crippen LogP contribution is -2.52. The molecule has 0 heterocycles. The number of hydrogen-bond donors (Lipinski definition) is 3. The van der Waals surface area contributed by atoms with Gasteiger partial charge >= 0.3 is 6.03 Å². The minimum Gasteiger partial charge on any atom is -0.494 e. The number of nitrogens with one attached hydrogen (secondary N) is 2. The van der Waals surface area contributed by atoms with Crippen LogP contribution in [0.3, 0.4) is 0 Å². The Hall–Kier alpha value is -1.82. The number of aliphatic hydroxyl groups excluding tert-OH is 1. The lowest BCUT2D eigenvalue weighted by atomic mass is 9.94. The fraction of sp³-hybridized carbons (Fsp3) is 0.500. The molecular weight excluding hydrogens is 263 g/mol. The fourth-order valence-electron chi connectivity index (χ4n) is 1.85. The quantitative estimate of drug-likeness (QED) is 0.751. The van der Waals surface area contributed by atoms with Crippen molar-refractivity contribution in [2.75, 3.05) is 19.0 Å². The van der Waals surface area contributed by atoms with Gasteiger partial charge in [-0.3, -0.25) is 0 Å². The van der Waals surface area contributed by atoms with Crippen LogP contribution in [0, 0.1) is 5.82 Å². The van der Waals surface area contributed by atoms with Gasteiger partial charge < -0.3 is 20.5 Å². The number of ether oxygens (including phenoxy) is 1. The highest BCUT2D eigenvalue weighted by molar-refractivity contribution is 5.91. The maximum Gasteiger partial charge on any atom is 0.319 e. The summed E-state index contributed by atoms with van der Waals surface area (Å²) in [6.07, 6.45) is 1.21. The second kappa shape index (κ2) is 7.09. The van der Waals surface area contributed by atoms with E-state index in [2.05, 4.69) is 10.6 Å². The smallest absolute Gasteiger partial charge is 0.319 e. The van der Waals surface area contributed by atoms with Crippen molar-refractivity contribution in [3.05, 3.63) is 24.0 Å². The molecule has 0 aliphatic carbocycles. The molecule has 6 heteroatoms. The molecule has 1 aromatic rings. The first-order valence-corrected chi connectivity index (χ1v) is 6.53. The average Bonchev–Trinajstić information content (AvgIpc) is 2.46. The number of aliphatic hydroxyl groups is 1. The monoisotopic (exact) mass is 284 g/mol. The van der Waals surface area contributed by atoms with Crippen molar-refractivity contribution in [2.45, 2.75) is 32.2 Å². The van der Waals surface area contributed by atoms with Crippen molar-refractivity contribution >= 4 is 11.7 Å². The summed E-state index contributed by atoms with van der Waals surface area (Å²) in [4.78, 5) is 12.0. The van der Waals surface area contributed by atoms with Crippen LogP contribution in [0.5, 0.6) is 5.75 Å². The normalized spacial score (nSPS) is 11.1. The van der Waals surface area contributed by atoms with E-state index in [0.29, 0.717) is 18.5 Å². The van der Waals surface area contributed by atoms with Gasteiger partial charge in [0.05, 0.1) is 24.9 Å². The topological polar surface area (TPSA) is 70.6 Å². The maximum absolute atomic E-state index is 13.1. The number of benzene rings is 1. The molecule has 0 saturated carbocycles. The Kier molecular flexibility index (Phi) is 5.76. The summed E-state index contributed by atoms with van der Waals surface area (Å²) in [7, 11) is 1.40. The van der Waals surface area contributed by atoms with Crippen LogP contribution in [-0.2, 0) is 0 Å². The second-order valence-electron chi connectivity index (χ2n) is 4.57. The average molecular weight is 284 g/mol. The highest BCUT2D eigenvalue weighted by atomic mass is 19.1. The highest BCUT2D eigenvalue weighted by Gasteiger charge is 2.27. The summed E-state index contributed by atoms with van der Waals surface area (Å²) in [6, 6.07) is 3.38. The van der Waals surface area contributed by atoms with Gasteiger partial charge in [-0.1, -0.05) is 13.8 Å². The summed E-state index contributed by atoms with van der Waals surface area (Å²) in [6.45, 7) is 3.63. The molecule has 0 radical (unpaired) electrons. The van der Waals surface area contributed by atoms with Crippen molar-refractivity contribution in [2.24, 2.45) is 0 Å². The number of amides is 2.